The molecular weight excluding hydrogens is 508 g/mol. The molecule has 10 nitrogen and oxygen atoms in total. The number of amides is 1. The highest BCUT2D eigenvalue weighted by Crippen LogP contribution is 2.32. The third-order valence-corrected chi connectivity index (χ3v) is 7.29. The first-order valence-corrected chi connectivity index (χ1v) is 14.7. The van der Waals surface area contributed by atoms with Crippen LogP contribution in [-0.2, 0) is 10.1 Å². The predicted molar refractivity (Wildman–Crippen MR) is 144 cm³/mol. The molecule has 0 atom stereocenters. The molecule has 1 aliphatic heterocycles. The number of nitrogens with zero attached hydrogens (tertiary/aromatic N) is 3. The molecule has 1 N–H and O–H groups in total. The first-order chi connectivity index (χ1) is 18.2. The molecule has 1 saturated heterocycles. The number of hydrogen-bond acceptors (Lipinski definition) is 8. The van der Waals surface area contributed by atoms with Crippen LogP contribution in [-0.4, -0.2) is 67.3 Å². The molecule has 0 unspecified atom stereocenters. The molecule has 1 aromatic heterocycles. The number of rotatable bonds is 9. The van der Waals surface area contributed by atoms with Crippen molar-refractivity contribution in [3.05, 3.63) is 58.1 Å². The summed E-state index contributed by atoms with van der Waals surface area (Å²) in [5.41, 5.74) is 0.765. The van der Waals surface area contributed by atoms with Crippen molar-refractivity contribution < 1.29 is 22.1 Å². The Morgan fingerprint density at radius 3 is 2.61 bits per heavy atom. The Balaban J connectivity index is 1.51. The van der Waals surface area contributed by atoms with E-state index in [1.807, 2.05) is 0 Å². The zero-order chi connectivity index (χ0) is 26.9. The van der Waals surface area contributed by atoms with E-state index in [-0.39, 0.29) is 23.0 Å². The summed E-state index contributed by atoms with van der Waals surface area (Å²) < 4.78 is 36.9. The summed E-state index contributed by atoms with van der Waals surface area (Å²) in [6, 6.07) is 8.36. The van der Waals surface area contributed by atoms with Crippen molar-refractivity contribution in [3.8, 4) is 17.2 Å². The van der Waals surface area contributed by atoms with Gasteiger partial charge in [0.1, 0.15) is 18.7 Å². The lowest BCUT2D eigenvalue weighted by Gasteiger charge is -2.26. The smallest absolute Gasteiger partial charge is 0.306 e. The Kier molecular flexibility index (Phi) is 7.40. The molecule has 0 spiro atoms. The second kappa shape index (κ2) is 10.7. The van der Waals surface area contributed by atoms with Crippen LogP contribution in [0.3, 0.4) is 0 Å². The fourth-order valence-electron chi connectivity index (χ4n) is 4.70. The summed E-state index contributed by atoms with van der Waals surface area (Å²) >= 11 is 0. The maximum atomic E-state index is 13.7. The SMILES string of the molecule is Cc1ccc(C(=O)NC2CC2)c(OS(C)(=O)=O)c1-n1cnc2ccc(OCCN3CCCCC3)cc2c1=O. The number of carbonyl (C=O) groups is 1. The van der Waals surface area contributed by atoms with E-state index in [4.69, 9.17) is 8.92 Å². The molecule has 2 heterocycles. The van der Waals surface area contributed by atoms with Gasteiger partial charge in [0.2, 0.25) is 0 Å². The van der Waals surface area contributed by atoms with Gasteiger partial charge in [-0.25, -0.2) is 4.98 Å². The number of fused-ring (bicyclic) bond motifs is 1. The number of carbonyl (C=O) groups excluding carboxylic acids is 1. The number of aromatic nitrogens is 2. The van der Waals surface area contributed by atoms with Gasteiger partial charge >= 0.3 is 10.1 Å². The summed E-state index contributed by atoms with van der Waals surface area (Å²) in [4.78, 5) is 33.4. The van der Waals surface area contributed by atoms with Crippen molar-refractivity contribution >= 4 is 26.9 Å². The van der Waals surface area contributed by atoms with Crippen molar-refractivity contribution in [2.24, 2.45) is 0 Å². The number of ether oxygens (including phenoxy) is 1. The molecule has 2 aromatic carbocycles. The van der Waals surface area contributed by atoms with Crippen molar-refractivity contribution in [1.82, 2.24) is 19.8 Å². The van der Waals surface area contributed by atoms with Crippen LogP contribution < -0.4 is 19.8 Å². The van der Waals surface area contributed by atoms with Gasteiger partial charge in [-0.2, -0.15) is 8.42 Å². The zero-order valence-corrected chi connectivity index (χ0v) is 22.4. The second-order valence-corrected chi connectivity index (χ2v) is 11.6. The number of benzene rings is 2. The van der Waals surface area contributed by atoms with Crippen molar-refractivity contribution in [2.75, 3.05) is 32.5 Å². The van der Waals surface area contributed by atoms with E-state index in [0.717, 1.165) is 38.7 Å². The fourth-order valence-corrected chi connectivity index (χ4v) is 5.17. The molecule has 2 fully saturated rings. The summed E-state index contributed by atoms with van der Waals surface area (Å²) in [6.45, 7) is 5.18. The largest absolute Gasteiger partial charge is 0.492 e. The van der Waals surface area contributed by atoms with Crippen molar-refractivity contribution in [1.29, 1.82) is 0 Å². The predicted octanol–water partition coefficient (Wildman–Crippen LogP) is 2.79. The first-order valence-electron chi connectivity index (χ1n) is 12.9. The third-order valence-electron chi connectivity index (χ3n) is 6.82. The lowest BCUT2D eigenvalue weighted by molar-refractivity contribution is 0.0949. The van der Waals surface area contributed by atoms with E-state index in [1.165, 1.54) is 36.2 Å². The van der Waals surface area contributed by atoms with Gasteiger partial charge < -0.3 is 14.2 Å². The minimum atomic E-state index is -4.01. The minimum Gasteiger partial charge on any atom is -0.492 e. The van der Waals surface area contributed by atoms with Gasteiger partial charge in [-0.1, -0.05) is 12.5 Å². The van der Waals surface area contributed by atoms with Gasteiger partial charge in [0.25, 0.3) is 11.5 Å². The Bertz CT molecular complexity index is 1520. The highest BCUT2D eigenvalue weighted by Gasteiger charge is 2.28. The summed E-state index contributed by atoms with van der Waals surface area (Å²) in [7, 11) is -4.01. The standard InChI is InChI=1S/C27H32N4O6S/c1-18-6-10-21(26(32)29-19-7-8-19)25(37-38(2,34)35)24(18)31-17-28-23-11-9-20(16-22(23)27(31)33)36-15-14-30-12-4-3-5-13-30/h6,9-11,16-17,19H,3-5,7-8,12-15H2,1-2H3,(H,29,32). The molecule has 0 bridgehead atoms. The topological polar surface area (TPSA) is 120 Å². The number of likely N-dealkylation sites (tertiary alicyclic amines) is 1. The summed E-state index contributed by atoms with van der Waals surface area (Å²) in [5, 5.41) is 3.16. The molecular formula is C27H32N4O6S. The third kappa shape index (κ3) is 5.99. The van der Waals surface area contributed by atoms with Crippen LogP contribution in [0, 0.1) is 6.92 Å². The Hall–Kier alpha value is -3.44. The maximum Gasteiger partial charge on any atom is 0.306 e. The molecule has 1 aliphatic carbocycles. The van der Waals surface area contributed by atoms with Crippen molar-refractivity contribution in [2.45, 2.75) is 45.1 Å². The van der Waals surface area contributed by atoms with Gasteiger partial charge in [-0.3, -0.25) is 19.1 Å². The lowest BCUT2D eigenvalue weighted by atomic mass is 10.1. The van der Waals surface area contributed by atoms with E-state index in [1.54, 1.807) is 31.2 Å². The number of hydrogen-bond donors (Lipinski definition) is 1. The zero-order valence-electron chi connectivity index (χ0n) is 21.6. The van der Waals surface area contributed by atoms with E-state index in [2.05, 4.69) is 15.2 Å². The van der Waals surface area contributed by atoms with Gasteiger partial charge in [0, 0.05) is 12.6 Å². The van der Waals surface area contributed by atoms with Crippen LogP contribution in [0.4, 0.5) is 0 Å². The normalized spacial score (nSPS) is 16.4. The second-order valence-electron chi connectivity index (χ2n) is 9.99. The van der Waals surface area contributed by atoms with Crippen molar-refractivity contribution in [3.63, 3.8) is 0 Å². The van der Waals surface area contributed by atoms with Crippen LogP contribution in [0.25, 0.3) is 16.6 Å². The number of nitrogens with one attached hydrogen (secondary N) is 1. The van der Waals surface area contributed by atoms with Crippen LogP contribution in [0.15, 0.2) is 41.5 Å². The average Bonchev–Trinajstić information content (AvgIpc) is 3.69. The molecule has 1 saturated carbocycles. The molecule has 11 heteroatoms. The van der Waals surface area contributed by atoms with E-state index >= 15 is 0 Å². The highest BCUT2D eigenvalue weighted by atomic mass is 32.2. The first kappa shape index (κ1) is 26.2. The van der Waals surface area contributed by atoms with E-state index in [9.17, 15) is 18.0 Å². The van der Waals surface area contributed by atoms with Crippen LogP contribution >= 0.6 is 0 Å². The Labute approximate surface area is 221 Å². The Morgan fingerprint density at radius 1 is 1.13 bits per heavy atom. The van der Waals surface area contributed by atoms with Gasteiger partial charge in [-0.05, 0) is 75.5 Å². The Morgan fingerprint density at radius 2 is 1.89 bits per heavy atom. The molecule has 1 amide bonds. The van der Waals surface area contributed by atoms with E-state index in [0.29, 0.717) is 28.8 Å². The maximum absolute atomic E-state index is 13.7. The lowest BCUT2D eigenvalue weighted by Crippen LogP contribution is -2.33. The minimum absolute atomic E-state index is 0.0321. The summed E-state index contributed by atoms with van der Waals surface area (Å²) in [6.07, 6.45) is 7.63. The molecule has 0 radical (unpaired) electrons. The monoisotopic (exact) mass is 540 g/mol. The molecule has 5 rings (SSSR count). The summed E-state index contributed by atoms with van der Waals surface area (Å²) in [5.74, 6) is -0.116. The van der Waals surface area contributed by atoms with Crippen LogP contribution in [0.2, 0.25) is 0 Å². The van der Waals surface area contributed by atoms with Gasteiger partial charge in [-0.15, -0.1) is 0 Å². The van der Waals surface area contributed by atoms with Gasteiger partial charge in [0.05, 0.1) is 28.4 Å². The highest BCUT2D eigenvalue weighted by molar-refractivity contribution is 7.86. The average molecular weight is 541 g/mol. The molecule has 3 aromatic rings. The number of piperidine rings is 1. The van der Waals surface area contributed by atoms with E-state index < -0.39 is 21.6 Å². The quantitative estimate of drug-likeness (QED) is 0.412. The van der Waals surface area contributed by atoms with Crippen LogP contribution in [0.5, 0.6) is 11.5 Å². The fraction of sp³-hybridized carbons (Fsp3) is 0.444. The van der Waals surface area contributed by atoms with Crippen LogP contribution in [0.1, 0.15) is 48.0 Å². The molecule has 38 heavy (non-hydrogen) atoms. The number of aryl methyl sites for hydroxylation is 1. The van der Waals surface area contributed by atoms with Gasteiger partial charge in [0.15, 0.2) is 5.75 Å². The molecule has 2 aliphatic rings. The molecule has 202 valence electrons.